The molecule has 0 radical (unpaired) electrons. The van der Waals surface area contributed by atoms with Gasteiger partial charge in [-0.15, -0.1) is 21.6 Å². The van der Waals surface area contributed by atoms with Crippen LogP contribution in [-0.4, -0.2) is 5.78 Å². The molecule has 3 aromatic rings. The maximum atomic E-state index is 13.5. The molecule has 0 bridgehead atoms. The van der Waals surface area contributed by atoms with E-state index in [0.717, 1.165) is 31.7 Å². The summed E-state index contributed by atoms with van der Waals surface area (Å²) in [5.74, 6) is 0.0827. The van der Waals surface area contributed by atoms with Crippen LogP contribution in [0.3, 0.4) is 0 Å². The van der Waals surface area contributed by atoms with Crippen LogP contribution in [0.15, 0.2) is 87.6 Å². The number of rotatable bonds is 3. The van der Waals surface area contributed by atoms with E-state index >= 15 is 0 Å². The van der Waals surface area contributed by atoms with E-state index in [4.69, 9.17) is 28.3 Å². The van der Waals surface area contributed by atoms with Gasteiger partial charge in [-0.1, -0.05) is 82.9 Å². The number of hydrogen-bond acceptors (Lipinski definition) is 4. The summed E-state index contributed by atoms with van der Waals surface area (Å²) in [4.78, 5) is 14.4. The molecule has 0 atom stereocenters. The van der Waals surface area contributed by atoms with E-state index in [1.54, 1.807) is 29.5 Å². The van der Waals surface area contributed by atoms with E-state index in [9.17, 15) is 4.79 Å². The molecule has 0 spiro atoms. The van der Waals surface area contributed by atoms with E-state index in [0.29, 0.717) is 21.4 Å². The average molecular weight is 524 g/mol. The van der Waals surface area contributed by atoms with Crippen LogP contribution in [0.25, 0.3) is 15.8 Å². The van der Waals surface area contributed by atoms with Gasteiger partial charge in [-0.3, -0.25) is 4.79 Å². The molecule has 0 saturated heterocycles. The van der Waals surface area contributed by atoms with Crippen molar-refractivity contribution in [3.8, 4) is 0 Å². The summed E-state index contributed by atoms with van der Waals surface area (Å²) in [7, 11) is 0. The lowest BCUT2D eigenvalue weighted by Gasteiger charge is -2.31. The highest BCUT2D eigenvalue weighted by Gasteiger charge is 2.34. The van der Waals surface area contributed by atoms with Crippen molar-refractivity contribution in [1.82, 2.24) is 0 Å². The van der Waals surface area contributed by atoms with Crippen molar-refractivity contribution in [2.24, 2.45) is 21.1 Å². The lowest BCUT2D eigenvalue weighted by Crippen LogP contribution is -2.28. The van der Waals surface area contributed by atoms with Gasteiger partial charge in [0.25, 0.3) is 0 Å². The first-order valence-corrected chi connectivity index (χ1v) is 13.0. The molecule has 6 heteroatoms. The predicted molar refractivity (Wildman–Crippen MR) is 150 cm³/mol. The molecule has 4 rings (SSSR count). The summed E-state index contributed by atoms with van der Waals surface area (Å²) in [6.45, 7) is 12.4. The van der Waals surface area contributed by atoms with Crippen molar-refractivity contribution in [1.29, 1.82) is 0 Å². The minimum atomic E-state index is -0.328. The van der Waals surface area contributed by atoms with Crippen LogP contribution in [0.5, 0.6) is 0 Å². The Bertz CT molecular complexity index is 1370. The van der Waals surface area contributed by atoms with E-state index in [1.807, 2.05) is 24.3 Å². The molecule has 1 aromatic heterocycles. The SMILES string of the molecule is CC(C)(C)C1=CC(=C(N=Nc2cc(Cl)ccc2Cl)c2cc3ccccc3s2)C=C(C(C)(C)C)C1=O. The predicted octanol–water partition coefficient (Wildman–Crippen LogP) is 10.2. The number of halogens is 2. The number of azo groups is 1. The van der Waals surface area contributed by atoms with E-state index in [-0.39, 0.29) is 16.6 Å². The fraction of sp³-hybridized carbons (Fsp3) is 0.276. The Labute approximate surface area is 220 Å². The van der Waals surface area contributed by atoms with Gasteiger partial charge in [-0.25, -0.2) is 0 Å². The molecule has 0 aliphatic heterocycles. The van der Waals surface area contributed by atoms with Crippen LogP contribution in [0.2, 0.25) is 10.0 Å². The minimum absolute atomic E-state index is 0.0827. The molecule has 2 aromatic carbocycles. The van der Waals surface area contributed by atoms with Crippen LogP contribution in [0.4, 0.5) is 5.69 Å². The maximum absolute atomic E-state index is 13.5. The molecule has 0 amide bonds. The lowest BCUT2D eigenvalue weighted by molar-refractivity contribution is -0.114. The summed E-state index contributed by atoms with van der Waals surface area (Å²) in [5, 5.41) is 11.3. The first kappa shape index (κ1) is 25.6. The molecule has 1 aliphatic carbocycles. The van der Waals surface area contributed by atoms with Crippen LogP contribution in [-0.2, 0) is 4.79 Å². The highest BCUT2D eigenvalue weighted by molar-refractivity contribution is 7.20. The zero-order valence-corrected chi connectivity index (χ0v) is 23.1. The van der Waals surface area contributed by atoms with E-state index in [2.05, 4.69) is 64.9 Å². The van der Waals surface area contributed by atoms with Crippen molar-refractivity contribution in [2.75, 3.05) is 0 Å². The maximum Gasteiger partial charge on any atom is 0.186 e. The Balaban J connectivity index is 2.01. The quantitative estimate of drug-likeness (QED) is 0.315. The average Bonchev–Trinajstić information content (AvgIpc) is 3.19. The molecule has 0 unspecified atom stereocenters. The first-order valence-electron chi connectivity index (χ1n) is 11.4. The fourth-order valence-electron chi connectivity index (χ4n) is 3.89. The smallest absolute Gasteiger partial charge is 0.186 e. The molecule has 0 fully saturated rings. The van der Waals surface area contributed by atoms with Crippen molar-refractivity contribution in [3.63, 3.8) is 0 Å². The number of carbonyl (C=O) groups excluding carboxylic acids is 1. The van der Waals surface area contributed by atoms with Gasteiger partial charge in [0.05, 0.1) is 9.90 Å². The third kappa shape index (κ3) is 5.50. The topological polar surface area (TPSA) is 41.8 Å². The van der Waals surface area contributed by atoms with Gasteiger partial charge in [-0.2, -0.15) is 0 Å². The standard InChI is InChI=1S/C29H28Cl2N2OS/c1-28(2,3)20-13-18(14-21(27(20)34)29(4,5)6)26(25-15-17-9-7-8-10-24(17)35-25)33-32-23-16-19(30)11-12-22(23)31/h7-16H,1-6H3. The van der Waals surface area contributed by atoms with Crippen LogP contribution in [0, 0.1) is 10.8 Å². The number of allylic oxidation sites excluding steroid dienone is 5. The number of Topliss-reactive ketones (excluding diaryl/α,β-unsaturated/α-hetero) is 1. The summed E-state index contributed by atoms with van der Waals surface area (Å²) in [6, 6.07) is 15.5. The Kier molecular flexibility index (Phi) is 6.93. The molecule has 3 nitrogen and oxygen atoms in total. The molecule has 0 saturated carbocycles. The number of nitrogens with zero attached hydrogens (tertiary/aromatic N) is 2. The zero-order valence-electron chi connectivity index (χ0n) is 20.7. The number of fused-ring (bicyclic) bond motifs is 1. The highest BCUT2D eigenvalue weighted by atomic mass is 35.5. The van der Waals surface area contributed by atoms with Crippen LogP contribution >= 0.6 is 34.5 Å². The van der Waals surface area contributed by atoms with Gasteiger partial charge in [0.1, 0.15) is 11.4 Å². The Morgan fingerprint density at radius 3 is 2.09 bits per heavy atom. The first-order chi connectivity index (χ1) is 16.3. The number of benzene rings is 2. The number of thiophene rings is 1. The number of carbonyl (C=O) groups is 1. The summed E-state index contributed by atoms with van der Waals surface area (Å²) in [5.41, 5.74) is 2.90. The number of hydrogen-bond donors (Lipinski definition) is 0. The molecule has 35 heavy (non-hydrogen) atoms. The van der Waals surface area contributed by atoms with Crippen LogP contribution in [0.1, 0.15) is 46.4 Å². The van der Waals surface area contributed by atoms with Crippen molar-refractivity contribution >= 4 is 61.8 Å². The van der Waals surface area contributed by atoms with Crippen molar-refractivity contribution in [3.05, 3.63) is 92.3 Å². The third-order valence-electron chi connectivity index (χ3n) is 5.80. The van der Waals surface area contributed by atoms with Crippen molar-refractivity contribution in [2.45, 2.75) is 41.5 Å². The summed E-state index contributed by atoms with van der Waals surface area (Å²) in [6.07, 6.45) is 3.94. The van der Waals surface area contributed by atoms with E-state index in [1.165, 1.54) is 0 Å². The summed E-state index contributed by atoms with van der Waals surface area (Å²) < 4.78 is 1.16. The Hall–Kier alpha value is -2.53. The fourth-order valence-corrected chi connectivity index (χ4v) is 5.29. The molecular formula is C29H28Cl2N2OS. The number of ketones is 1. The van der Waals surface area contributed by atoms with Crippen molar-refractivity contribution < 1.29 is 4.79 Å². The summed E-state index contributed by atoms with van der Waals surface area (Å²) >= 11 is 14.2. The normalized spacial score (nSPS) is 15.1. The Morgan fingerprint density at radius 1 is 0.857 bits per heavy atom. The second-order valence-electron chi connectivity index (χ2n) is 10.7. The van der Waals surface area contributed by atoms with Gasteiger partial charge >= 0.3 is 0 Å². The van der Waals surface area contributed by atoms with Gasteiger partial charge in [0.2, 0.25) is 0 Å². The molecule has 1 heterocycles. The van der Waals surface area contributed by atoms with Crippen LogP contribution < -0.4 is 0 Å². The zero-order chi connectivity index (χ0) is 25.5. The second-order valence-corrected chi connectivity index (χ2v) is 12.6. The van der Waals surface area contributed by atoms with Gasteiger partial charge in [0, 0.05) is 26.4 Å². The van der Waals surface area contributed by atoms with E-state index < -0.39 is 0 Å². The van der Waals surface area contributed by atoms with Gasteiger partial charge in [-0.05, 0) is 58.7 Å². The highest BCUT2D eigenvalue weighted by Crippen LogP contribution is 2.42. The third-order valence-corrected chi connectivity index (χ3v) is 7.48. The van der Waals surface area contributed by atoms with Gasteiger partial charge < -0.3 is 0 Å². The molecule has 180 valence electrons. The largest absolute Gasteiger partial charge is 0.289 e. The van der Waals surface area contributed by atoms with Gasteiger partial charge in [0.15, 0.2) is 5.78 Å². The molecule has 1 aliphatic rings. The minimum Gasteiger partial charge on any atom is -0.289 e. The molecular weight excluding hydrogens is 495 g/mol. The lowest BCUT2D eigenvalue weighted by atomic mass is 9.71. The molecule has 0 N–H and O–H groups in total. The second kappa shape index (κ2) is 9.50. The Morgan fingerprint density at radius 2 is 1.49 bits per heavy atom. The monoisotopic (exact) mass is 522 g/mol.